The Hall–Kier alpha value is -2.90. The molecule has 1 amide bonds. The lowest BCUT2D eigenvalue weighted by Gasteiger charge is -2.32. The number of carbonyl (C=O) groups is 1. The Balaban J connectivity index is 1.20. The molecule has 8 nitrogen and oxygen atoms in total. The van der Waals surface area contributed by atoms with Gasteiger partial charge in [-0.1, -0.05) is 18.6 Å². The Morgan fingerprint density at radius 2 is 1.97 bits per heavy atom. The number of carbonyl (C=O) groups excluding carboxylic acids is 1. The summed E-state index contributed by atoms with van der Waals surface area (Å²) in [5.41, 5.74) is 1.68. The average molecular weight is 409 g/mol. The first kappa shape index (κ1) is 19.1. The van der Waals surface area contributed by atoms with Gasteiger partial charge in [0.1, 0.15) is 11.3 Å². The minimum atomic E-state index is 0.0298. The highest BCUT2D eigenvalue weighted by atomic mass is 16.4. The van der Waals surface area contributed by atoms with E-state index in [0.29, 0.717) is 12.6 Å². The quantitative estimate of drug-likeness (QED) is 0.660. The first-order valence-corrected chi connectivity index (χ1v) is 11.0. The van der Waals surface area contributed by atoms with Gasteiger partial charge in [-0.2, -0.15) is 4.98 Å². The lowest BCUT2D eigenvalue weighted by atomic mass is 9.95. The standard InChI is InChI=1S/C22H28N6O2/c1-26(15-20-25-24-19-9-3-2-6-12-28(19)20)21(29)16-10-13-27(14-11-16)22-23-17-7-4-5-8-18(17)30-22/h4-5,7-8,16H,2-3,6,9-15H2,1H3. The normalized spacial score (nSPS) is 17.7. The number of para-hydroxylation sites is 2. The first-order chi connectivity index (χ1) is 14.7. The largest absolute Gasteiger partial charge is 0.423 e. The highest BCUT2D eigenvalue weighted by Crippen LogP contribution is 2.27. The number of piperidine rings is 1. The molecule has 4 heterocycles. The highest BCUT2D eigenvalue weighted by Gasteiger charge is 2.30. The summed E-state index contributed by atoms with van der Waals surface area (Å²) in [6.45, 7) is 3.04. The summed E-state index contributed by atoms with van der Waals surface area (Å²) in [7, 11) is 1.88. The van der Waals surface area contributed by atoms with Gasteiger partial charge in [0.15, 0.2) is 11.4 Å². The van der Waals surface area contributed by atoms with Gasteiger partial charge in [-0.05, 0) is 37.8 Å². The average Bonchev–Trinajstić information content (AvgIpc) is 3.29. The summed E-state index contributed by atoms with van der Waals surface area (Å²) >= 11 is 0. The second-order valence-electron chi connectivity index (χ2n) is 8.41. The molecule has 3 aromatic rings. The van der Waals surface area contributed by atoms with Crippen molar-refractivity contribution < 1.29 is 9.21 Å². The van der Waals surface area contributed by atoms with Crippen LogP contribution in [0, 0.1) is 5.92 Å². The van der Waals surface area contributed by atoms with E-state index >= 15 is 0 Å². The third-order valence-electron chi connectivity index (χ3n) is 6.34. The summed E-state index contributed by atoms with van der Waals surface area (Å²) in [5, 5.41) is 8.72. The van der Waals surface area contributed by atoms with Crippen LogP contribution in [0.25, 0.3) is 11.1 Å². The Morgan fingerprint density at radius 3 is 2.80 bits per heavy atom. The Labute approximate surface area is 175 Å². The molecule has 1 saturated heterocycles. The van der Waals surface area contributed by atoms with E-state index in [1.165, 1.54) is 12.8 Å². The van der Waals surface area contributed by atoms with Crippen molar-refractivity contribution in [3.05, 3.63) is 35.9 Å². The fourth-order valence-corrected chi connectivity index (χ4v) is 4.58. The molecule has 0 radical (unpaired) electrons. The molecule has 30 heavy (non-hydrogen) atoms. The third-order valence-corrected chi connectivity index (χ3v) is 6.34. The summed E-state index contributed by atoms with van der Waals surface area (Å²) in [5.74, 6) is 2.20. The van der Waals surface area contributed by atoms with E-state index in [-0.39, 0.29) is 11.8 Å². The van der Waals surface area contributed by atoms with Crippen molar-refractivity contribution >= 4 is 23.0 Å². The predicted octanol–water partition coefficient (Wildman–Crippen LogP) is 3.02. The predicted molar refractivity (Wildman–Crippen MR) is 113 cm³/mol. The maximum Gasteiger partial charge on any atom is 0.298 e. The Bertz CT molecular complexity index is 1000. The molecule has 1 aromatic carbocycles. The number of aromatic nitrogens is 4. The van der Waals surface area contributed by atoms with Crippen LogP contribution in [-0.4, -0.2) is 50.7 Å². The van der Waals surface area contributed by atoms with Gasteiger partial charge in [-0.3, -0.25) is 4.79 Å². The van der Waals surface area contributed by atoms with Crippen molar-refractivity contribution in [2.75, 3.05) is 25.0 Å². The number of anilines is 1. The number of fused-ring (bicyclic) bond motifs is 2. The molecule has 0 bridgehead atoms. The van der Waals surface area contributed by atoms with E-state index < -0.39 is 0 Å². The molecule has 0 atom stereocenters. The van der Waals surface area contributed by atoms with Gasteiger partial charge in [-0.15, -0.1) is 10.2 Å². The van der Waals surface area contributed by atoms with Gasteiger partial charge in [0, 0.05) is 39.0 Å². The monoisotopic (exact) mass is 408 g/mol. The summed E-state index contributed by atoms with van der Waals surface area (Å²) in [6, 6.07) is 8.46. The summed E-state index contributed by atoms with van der Waals surface area (Å²) < 4.78 is 8.10. The summed E-state index contributed by atoms with van der Waals surface area (Å²) in [4.78, 5) is 21.6. The van der Waals surface area contributed by atoms with Crippen LogP contribution >= 0.6 is 0 Å². The molecule has 8 heteroatoms. The minimum Gasteiger partial charge on any atom is -0.423 e. The maximum absolute atomic E-state index is 13.1. The number of amides is 1. The van der Waals surface area contributed by atoms with Crippen molar-refractivity contribution in [2.45, 2.75) is 51.6 Å². The topological polar surface area (TPSA) is 80.3 Å². The van der Waals surface area contributed by atoms with Crippen molar-refractivity contribution in [3.63, 3.8) is 0 Å². The number of rotatable bonds is 4. The van der Waals surface area contributed by atoms with Gasteiger partial charge in [0.2, 0.25) is 5.91 Å². The minimum absolute atomic E-state index is 0.0298. The van der Waals surface area contributed by atoms with Crippen LogP contribution in [-0.2, 0) is 24.3 Å². The van der Waals surface area contributed by atoms with E-state index in [9.17, 15) is 4.79 Å². The van der Waals surface area contributed by atoms with E-state index in [1.54, 1.807) is 0 Å². The maximum atomic E-state index is 13.1. The molecular weight excluding hydrogens is 380 g/mol. The number of aryl methyl sites for hydroxylation is 1. The molecule has 1 fully saturated rings. The van der Waals surface area contributed by atoms with E-state index in [1.807, 2.05) is 36.2 Å². The lowest BCUT2D eigenvalue weighted by molar-refractivity contribution is -0.135. The number of hydrogen-bond acceptors (Lipinski definition) is 6. The molecule has 5 rings (SSSR count). The van der Waals surface area contributed by atoms with Crippen molar-refractivity contribution in [2.24, 2.45) is 5.92 Å². The lowest BCUT2D eigenvalue weighted by Crippen LogP contribution is -2.41. The van der Waals surface area contributed by atoms with Gasteiger partial charge < -0.3 is 18.8 Å². The summed E-state index contributed by atoms with van der Waals surface area (Å²) in [6.07, 6.45) is 6.16. The zero-order valence-electron chi connectivity index (χ0n) is 17.5. The SMILES string of the molecule is CN(Cc1nnc2n1CCCCC2)C(=O)C1CCN(c2nc3ccccc3o2)CC1. The van der Waals surface area contributed by atoms with Gasteiger partial charge in [0.25, 0.3) is 6.01 Å². The van der Waals surface area contributed by atoms with E-state index in [2.05, 4.69) is 24.6 Å². The second-order valence-corrected chi connectivity index (χ2v) is 8.41. The zero-order chi connectivity index (χ0) is 20.5. The van der Waals surface area contributed by atoms with Crippen molar-refractivity contribution in [1.29, 1.82) is 0 Å². The van der Waals surface area contributed by atoms with E-state index in [0.717, 1.165) is 68.1 Å². The Morgan fingerprint density at radius 1 is 1.13 bits per heavy atom. The molecule has 0 N–H and O–H groups in total. The number of oxazole rings is 1. The number of hydrogen-bond donors (Lipinski definition) is 0. The highest BCUT2D eigenvalue weighted by molar-refractivity contribution is 5.79. The molecule has 0 saturated carbocycles. The van der Waals surface area contributed by atoms with Crippen molar-refractivity contribution in [1.82, 2.24) is 24.6 Å². The van der Waals surface area contributed by atoms with E-state index in [4.69, 9.17) is 4.42 Å². The van der Waals surface area contributed by atoms with Crippen LogP contribution in [0.5, 0.6) is 0 Å². The molecule has 0 unspecified atom stereocenters. The molecule has 2 aromatic heterocycles. The van der Waals surface area contributed by atoms with Crippen LogP contribution in [0.3, 0.4) is 0 Å². The fourth-order valence-electron chi connectivity index (χ4n) is 4.58. The van der Waals surface area contributed by atoms with Gasteiger partial charge in [0.05, 0.1) is 6.54 Å². The zero-order valence-corrected chi connectivity index (χ0v) is 17.5. The number of benzene rings is 1. The van der Waals surface area contributed by atoms with Crippen LogP contribution < -0.4 is 4.90 Å². The first-order valence-electron chi connectivity index (χ1n) is 11.0. The number of nitrogens with zero attached hydrogens (tertiary/aromatic N) is 6. The molecular formula is C22H28N6O2. The van der Waals surface area contributed by atoms with Crippen LogP contribution in [0.4, 0.5) is 6.01 Å². The molecule has 0 spiro atoms. The third kappa shape index (κ3) is 3.66. The second kappa shape index (κ2) is 8.08. The molecule has 0 aliphatic carbocycles. The van der Waals surface area contributed by atoms with Crippen LogP contribution in [0.1, 0.15) is 43.8 Å². The van der Waals surface area contributed by atoms with Crippen LogP contribution in [0.2, 0.25) is 0 Å². The molecule has 2 aliphatic heterocycles. The van der Waals surface area contributed by atoms with Gasteiger partial charge in [-0.25, -0.2) is 0 Å². The smallest absolute Gasteiger partial charge is 0.298 e. The van der Waals surface area contributed by atoms with Crippen molar-refractivity contribution in [3.8, 4) is 0 Å². The fraction of sp³-hybridized carbons (Fsp3) is 0.545. The molecule has 158 valence electrons. The van der Waals surface area contributed by atoms with Crippen LogP contribution in [0.15, 0.2) is 28.7 Å². The molecule has 2 aliphatic rings. The Kier molecular flexibility index (Phi) is 5.14. The van der Waals surface area contributed by atoms with Gasteiger partial charge >= 0.3 is 0 Å².